The summed E-state index contributed by atoms with van der Waals surface area (Å²) in [5.74, 6) is 0.201. The molecule has 1 rings (SSSR count). The molecule has 0 aliphatic heterocycles. The van der Waals surface area contributed by atoms with Crippen LogP contribution in [0.2, 0.25) is 5.02 Å². The molecule has 8 heteroatoms. The van der Waals surface area contributed by atoms with Crippen molar-refractivity contribution in [3.05, 3.63) is 32.8 Å². The summed E-state index contributed by atoms with van der Waals surface area (Å²) in [7, 11) is -2.30. The van der Waals surface area contributed by atoms with Gasteiger partial charge in [0.2, 0.25) is 10.0 Å². The van der Waals surface area contributed by atoms with Gasteiger partial charge in [-0.3, -0.25) is 10.1 Å². The molecular formula is C13H19ClN2O4S. The Balaban J connectivity index is 3.31. The zero-order chi connectivity index (χ0) is 16.4. The molecule has 0 heterocycles. The average molecular weight is 335 g/mol. The van der Waals surface area contributed by atoms with E-state index < -0.39 is 20.6 Å². The summed E-state index contributed by atoms with van der Waals surface area (Å²) in [6.45, 7) is 5.85. The number of nitro benzene ring substituents is 1. The lowest BCUT2D eigenvalue weighted by atomic mass is 10.1. The van der Waals surface area contributed by atoms with E-state index in [-0.39, 0.29) is 15.8 Å². The number of halogens is 1. The minimum absolute atomic E-state index is 0.0685. The molecule has 0 saturated carbocycles. The van der Waals surface area contributed by atoms with E-state index in [9.17, 15) is 18.5 Å². The third kappa shape index (κ3) is 3.93. The van der Waals surface area contributed by atoms with E-state index in [1.165, 1.54) is 17.4 Å². The molecule has 1 unspecified atom stereocenters. The number of nitrogens with zero attached hydrogens (tertiary/aromatic N) is 2. The highest BCUT2D eigenvalue weighted by Crippen LogP contribution is 2.31. The van der Waals surface area contributed by atoms with Gasteiger partial charge >= 0.3 is 0 Å². The van der Waals surface area contributed by atoms with Crippen molar-refractivity contribution in [2.45, 2.75) is 32.1 Å². The fourth-order valence-electron chi connectivity index (χ4n) is 1.89. The van der Waals surface area contributed by atoms with Crippen LogP contribution in [0.5, 0.6) is 0 Å². The van der Waals surface area contributed by atoms with Gasteiger partial charge in [-0.05, 0) is 24.5 Å². The number of hydrogen-bond acceptors (Lipinski definition) is 4. The van der Waals surface area contributed by atoms with Crippen LogP contribution in [-0.2, 0) is 10.0 Å². The number of hydrogen-bond donors (Lipinski definition) is 0. The van der Waals surface area contributed by atoms with Crippen LogP contribution in [0.1, 0.15) is 25.8 Å². The van der Waals surface area contributed by atoms with Crippen LogP contribution in [0.3, 0.4) is 0 Å². The fraction of sp³-hybridized carbons (Fsp3) is 0.538. The number of aryl methyl sites for hydroxylation is 1. The van der Waals surface area contributed by atoms with Crippen LogP contribution in [0, 0.1) is 23.0 Å². The van der Waals surface area contributed by atoms with Crippen LogP contribution in [0.25, 0.3) is 0 Å². The maximum Gasteiger partial charge on any atom is 0.289 e. The van der Waals surface area contributed by atoms with E-state index in [2.05, 4.69) is 0 Å². The largest absolute Gasteiger partial charge is 0.289 e. The molecule has 0 aliphatic rings. The summed E-state index contributed by atoms with van der Waals surface area (Å²) >= 11 is 5.78. The molecule has 0 aliphatic carbocycles. The monoisotopic (exact) mass is 334 g/mol. The van der Waals surface area contributed by atoms with Crippen molar-refractivity contribution in [1.29, 1.82) is 0 Å². The molecular weight excluding hydrogens is 316 g/mol. The van der Waals surface area contributed by atoms with E-state index in [1.807, 2.05) is 13.8 Å². The molecule has 1 aromatic rings. The smallest absolute Gasteiger partial charge is 0.258 e. The van der Waals surface area contributed by atoms with Gasteiger partial charge in [0.1, 0.15) is 5.02 Å². The van der Waals surface area contributed by atoms with Crippen LogP contribution in [0.4, 0.5) is 5.69 Å². The zero-order valence-corrected chi connectivity index (χ0v) is 14.0. The Hall–Kier alpha value is -1.18. The molecule has 0 saturated heterocycles. The first-order valence-corrected chi connectivity index (χ1v) is 8.33. The van der Waals surface area contributed by atoms with E-state index in [1.54, 1.807) is 6.92 Å². The van der Waals surface area contributed by atoms with Crippen LogP contribution in [0.15, 0.2) is 17.0 Å². The van der Waals surface area contributed by atoms with Gasteiger partial charge in [0.15, 0.2) is 0 Å². The van der Waals surface area contributed by atoms with Gasteiger partial charge in [-0.25, -0.2) is 12.7 Å². The first kappa shape index (κ1) is 17.9. The maximum atomic E-state index is 12.6. The van der Waals surface area contributed by atoms with Crippen LogP contribution in [-0.4, -0.2) is 31.2 Å². The third-order valence-corrected chi connectivity index (χ3v) is 5.66. The lowest BCUT2D eigenvalue weighted by molar-refractivity contribution is -0.384. The lowest BCUT2D eigenvalue weighted by Crippen LogP contribution is -2.31. The first-order valence-electron chi connectivity index (χ1n) is 6.52. The van der Waals surface area contributed by atoms with E-state index in [0.717, 1.165) is 12.5 Å². The average Bonchev–Trinajstić information content (AvgIpc) is 2.37. The molecule has 0 amide bonds. The third-order valence-electron chi connectivity index (χ3n) is 3.40. The Morgan fingerprint density at radius 1 is 1.43 bits per heavy atom. The molecule has 0 aromatic heterocycles. The number of benzene rings is 1. The second kappa shape index (κ2) is 6.72. The highest BCUT2D eigenvalue weighted by Gasteiger charge is 2.27. The Labute approximate surface area is 129 Å². The Morgan fingerprint density at radius 3 is 2.48 bits per heavy atom. The van der Waals surface area contributed by atoms with Crippen molar-refractivity contribution in [2.24, 2.45) is 5.92 Å². The standard InChI is InChI=1S/C13H19ClN2O4S/c1-5-9(2)8-15(4)21(19,20)13-7-12(16(17)18)11(14)6-10(13)3/h6-7,9H,5,8H2,1-4H3. The topological polar surface area (TPSA) is 80.5 Å². The van der Waals surface area contributed by atoms with Crippen molar-refractivity contribution >= 4 is 27.3 Å². The molecule has 0 N–H and O–H groups in total. The van der Waals surface area contributed by atoms with Gasteiger partial charge in [0.25, 0.3) is 5.69 Å². The fourth-order valence-corrected chi connectivity index (χ4v) is 3.69. The molecule has 0 bridgehead atoms. The van der Waals surface area contributed by atoms with Gasteiger partial charge in [-0.1, -0.05) is 31.9 Å². The number of sulfonamides is 1. The second-order valence-electron chi connectivity index (χ2n) is 5.13. The summed E-state index contributed by atoms with van der Waals surface area (Å²) in [5, 5.41) is 10.9. The van der Waals surface area contributed by atoms with E-state index in [4.69, 9.17) is 11.6 Å². The minimum atomic E-state index is -3.78. The van der Waals surface area contributed by atoms with Gasteiger partial charge in [0, 0.05) is 19.7 Å². The Morgan fingerprint density at radius 2 is 2.00 bits per heavy atom. The molecule has 6 nitrogen and oxygen atoms in total. The molecule has 0 radical (unpaired) electrons. The van der Waals surface area contributed by atoms with Gasteiger partial charge in [-0.2, -0.15) is 0 Å². The molecule has 0 fully saturated rings. The van der Waals surface area contributed by atoms with Gasteiger partial charge in [-0.15, -0.1) is 0 Å². The Bertz CT molecular complexity index is 646. The number of nitro groups is 1. The van der Waals surface area contributed by atoms with Crippen molar-refractivity contribution in [3.8, 4) is 0 Å². The summed E-state index contributed by atoms with van der Waals surface area (Å²) in [6.07, 6.45) is 0.847. The highest BCUT2D eigenvalue weighted by atomic mass is 35.5. The predicted molar refractivity (Wildman–Crippen MR) is 82.1 cm³/mol. The van der Waals surface area contributed by atoms with Gasteiger partial charge < -0.3 is 0 Å². The number of rotatable bonds is 6. The second-order valence-corrected chi connectivity index (χ2v) is 7.55. The Kier molecular flexibility index (Phi) is 5.72. The normalized spacial score (nSPS) is 13.4. The van der Waals surface area contributed by atoms with Crippen LogP contribution < -0.4 is 0 Å². The summed E-state index contributed by atoms with van der Waals surface area (Å²) in [5.41, 5.74) is -0.0145. The minimum Gasteiger partial charge on any atom is -0.258 e. The first-order chi connectivity index (χ1) is 9.61. The van der Waals surface area contributed by atoms with Crippen molar-refractivity contribution in [2.75, 3.05) is 13.6 Å². The molecule has 1 aromatic carbocycles. The zero-order valence-electron chi connectivity index (χ0n) is 12.5. The van der Waals surface area contributed by atoms with E-state index in [0.29, 0.717) is 12.1 Å². The predicted octanol–water partition coefficient (Wildman–Crippen LogP) is 3.22. The lowest BCUT2D eigenvalue weighted by Gasteiger charge is -2.21. The molecule has 0 spiro atoms. The SMILES string of the molecule is CCC(C)CN(C)S(=O)(=O)c1cc([N+](=O)[O-])c(Cl)cc1C. The van der Waals surface area contributed by atoms with Gasteiger partial charge in [0.05, 0.1) is 9.82 Å². The molecule has 21 heavy (non-hydrogen) atoms. The summed E-state index contributed by atoms with van der Waals surface area (Å²) < 4.78 is 26.3. The van der Waals surface area contributed by atoms with Crippen molar-refractivity contribution in [3.63, 3.8) is 0 Å². The highest BCUT2D eigenvalue weighted by molar-refractivity contribution is 7.89. The van der Waals surface area contributed by atoms with Crippen molar-refractivity contribution < 1.29 is 13.3 Å². The summed E-state index contributed by atoms with van der Waals surface area (Å²) in [4.78, 5) is 10.2. The molecule has 118 valence electrons. The molecule has 1 atom stereocenters. The summed E-state index contributed by atoms with van der Waals surface area (Å²) in [6, 6.07) is 2.34. The maximum absolute atomic E-state index is 12.6. The van der Waals surface area contributed by atoms with Crippen LogP contribution >= 0.6 is 11.6 Å². The van der Waals surface area contributed by atoms with E-state index >= 15 is 0 Å². The van der Waals surface area contributed by atoms with Crippen molar-refractivity contribution in [1.82, 2.24) is 4.31 Å². The quantitative estimate of drug-likeness (QED) is 0.591.